The van der Waals surface area contributed by atoms with Crippen molar-refractivity contribution in [1.29, 1.82) is 0 Å². The quantitative estimate of drug-likeness (QED) is 0.674. The minimum Gasteiger partial charge on any atom is -0.329 e. The van der Waals surface area contributed by atoms with Crippen molar-refractivity contribution in [3.8, 4) is 0 Å². The van der Waals surface area contributed by atoms with Crippen LogP contribution >= 0.6 is 11.3 Å². The van der Waals surface area contributed by atoms with Gasteiger partial charge in [0.15, 0.2) is 0 Å². The monoisotopic (exact) mass is 388 g/mol. The molecule has 0 radical (unpaired) electrons. The van der Waals surface area contributed by atoms with Gasteiger partial charge in [-0.25, -0.2) is 13.4 Å². The highest BCUT2D eigenvalue weighted by atomic mass is 32.2. The van der Waals surface area contributed by atoms with E-state index in [2.05, 4.69) is 14.5 Å². The Morgan fingerprint density at radius 1 is 1.15 bits per heavy atom. The molecule has 0 unspecified atom stereocenters. The Morgan fingerprint density at radius 3 is 2.85 bits per heavy atom. The van der Waals surface area contributed by atoms with Gasteiger partial charge in [-0.3, -0.25) is 4.98 Å². The van der Waals surface area contributed by atoms with E-state index in [1.54, 1.807) is 34.2 Å². The molecule has 3 aromatic heterocycles. The lowest BCUT2D eigenvalue weighted by molar-refractivity contribution is 0.306. The van der Waals surface area contributed by atoms with Crippen LogP contribution < -0.4 is 0 Å². The molecule has 3 aromatic rings. The molecule has 1 fully saturated rings. The van der Waals surface area contributed by atoms with E-state index in [4.69, 9.17) is 0 Å². The van der Waals surface area contributed by atoms with Gasteiger partial charge in [-0.05, 0) is 36.4 Å². The Kier molecular flexibility index (Phi) is 4.88. The lowest BCUT2D eigenvalue weighted by atomic mass is 9.99. The summed E-state index contributed by atoms with van der Waals surface area (Å²) in [6.45, 7) is 1.68. The number of aromatic nitrogens is 3. The molecular formula is C18H20N4O2S2. The molecule has 0 bridgehead atoms. The fourth-order valence-corrected chi connectivity index (χ4v) is 6.06. The first-order chi connectivity index (χ1) is 12.6. The summed E-state index contributed by atoms with van der Waals surface area (Å²) < 4.78 is 29.8. The SMILES string of the molecule is O=S(=O)(c1cccs1)N1CCC[C@H](c2nccn2Cc2ccccn2)C1. The molecule has 1 atom stereocenters. The Labute approximate surface area is 157 Å². The van der Waals surface area contributed by atoms with Gasteiger partial charge in [0.25, 0.3) is 10.0 Å². The number of hydrogen-bond acceptors (Lipinski definition) is 5. The summed E-state index contributed by atoms with van der Waals surface area (Å²) in [7, 11) is -3.41. The summed E-state index contributed by atoms with van der Waals surface area (Å²) in [4.78, 5) is 8.91. The zero-order chi connectivity index (χ0) is 18.0. The van der Waals surface area contributed by atoms with Crippen LogP contribution in [0.4, 0.5) is 0 Å². The Hall–Kier alpha value is -2.03. The van der Waals surface area contributed by atoms with Crippen LogP contribution in [0.3, 0.4) is 0 Å². The number of imidazole rings is 1. The fourth-order valence-electron chi connectivity index (χ4n) is 3.39. The topological polar surface area (TPSA) is 68.1 Å². The molecule has 0 aromatic carbocycles. The molecule has 4 heterocycles. The Balaban J connectivity index is 1.55. The number of thiophene rings is 1. The highest BCUT2D eigenvalue weighted by Gasteiger charge is 2.33. The van der Waals surface area contributed by atoms with Gasteiger partial charge in [0.2, 0.25) is 0 Å². The molecular weight excluding hydrogens is 368 g/mol. The maximum atomic E-state index is 12.8. The lowest BCUT2D eigenvalue weighted by Crippen LogP contribution is -2.39. The number of pyridine rings is 1. The second-order valence-electron chi connectivity index (χ2n) is 6.37. The Bertz CT molecular complexity index is 952. The summed E-state index contributed by atoms with van der Waals surface area (Å²) in [6, 6.07) is 9.30. The number of rotatable bonds is 5. The van der Waals surface area contributed by atoms with Gasteiger partial charge < -0.3 is 4.57 Å². The van der Waals surface area contributed by atoms with Crippen LogP contribution in [0.25, 0.3) is 0 Å². The van der Waals surface area contributed by atoms with Crippen LogP contribution in [0, 0.1) is 0 Å². The van der Waals surface area contributed by atoms with E-state index >= 15 is 0 Å². The summed E-state index contributed by atoms with van der Waals surface area (Å²) >= 11 is 1.27. The van der Waals surface area contributed by atoms with E-state index in [1.807, 2.05) is 24.4 Å². The van der Waals surface area contributed by atoms with Gasteiger partial charge in [0.1, 0.15) is 10.0 Å². The van der Waals surface area contributed by atoms with Crippen LogP contribution in [-0.2, 0) is 16.6 Å². The van der Waals surface area contributed by atoms with E-state index in [0.717, 1.165) is 24.4 Å². The first-order valence-electron chi connectivity index (χ1n) is 8.59. The third kappa shape index (κ3) is 3.44. The summed E-state index contributed by atoms with van der Waals surface area (Å²) in [5, 5.41) is 1.80. The summed E-state index contributed by atoms with van der Waals surface area (Å²) in [5.41, 5.74) is 0.964. The van der Waals surface area contributed by atoms with Crippen molar-refractivity contribution in [2.75, 3.05) is 13.1 Å². The number of piperidine rings is 1. The molecule has 0 amide bonds. The van der Waals surface area contributed by atoms with Crippen molar-refractivity contribution >= 4 is 21.4 Å². The predicted octanol–water partition coefficient (Wildman–Crippen LogP) is 2.96. The summed E-state index contributed by atoms with van der Waals surface area (Å²) in [5.74, 6) is 1.03. The average molecular weight is 389 g/mol. The molecule has 0 saturated carbocycles. The van der Waals surface area contributed by atoms with E-state index in [0.29, 0.717) is 23.8 Å². The van der Waals surface area contributed by atoms with Gasteiger partial charge in [0.05, 0.1) is 12.2 Å². The lowest BCUT2D eigenvalue weighted by Gasteiger charge is -2.31. The van der Waals surface area contributed by atoms with Crippen molar-refractivity contribution < 1.29 is 8.42 Å². The zero-order valence-electron chi connectivity index (χ0n) is 14.2. The van der Waals surface area contributed by atoms with E-state index in [1.165, 1.54) is 11.3 Å². The van der Waals surface area contributed by atoms with Crippen molar-refractivity contribution in [1.82, 2.24) is 18.8 Å². The van der Waals surface area contributed by atoms with Gasteiger partial charge in [0, 0.05) is 37.6 Å². The number of nitrogens with zero attached hydrogens (tertiary/aromatic N) is 4. The minimum absolute atomic E-state index is 0.0946. The minimum atomic E-state index is -3.41. The van der Waals surface area contributed by atoms with Crippen molar-refractivity contribution in [3.05, 3.63) is 65.8 Å². The fraction of sp³-hybridized carbons (Fsp3) is 0.333. The van der Waals surface area contributed by atoms with Gasteiger partial charge in [-0.1, -0.05) is 12.1 Å². The van der Waals surface area contributed by atoms with Crippen LogP contribution in [0.5, 0.6) is 0 Å². The molecule has 0 spiro atoms. The van der Waals surface area contributed by atoms with Gasteiger partial charge >= 0.3 is 0 Å². The highest BCUT2D eigenvalue weighted by molar-refractivity contribution is 7.91. The van der Waals surface area contributed by atoms with Crippen molar-refractivity contribution in [2.24, 2.45) is 0 Å². The standard InChI is InChI=1S/C18H20N4O2S2/c23-26(24,17-7-4-12-25-17)22-10-3-5-15(13-22)18-20-9-11-21(18)14-16-6-1-2-8-19-16/h1-2,4,6-9,11-12,15H,3,5,10,13-14H2/t15-/m0/s1. The second kappa shape index (κ2) is 7.30. The first-order valence-corrected chi connectivity index (χ1v) is 10.9. The van der Waals surface area contributed by atoms with Crippen molar-refractivity contribution in [3.63, 3.8) is 0 Å². The van der Waals surface area contributed by atoms with Gasteiger partial charge in [-0.15, -0.1) is 11.3 Å². The van der Waals surface area contributed by atoms with Crippen LogP contribution in [0.15, 0.2) is 58.5 Å². The molecule has 1 aliphatic rings. The maximum absolute atomic E-state index is 12.8. The third-order valence-corrected chi connectivity index (χ3v) is 7.88. The second-order valence-corrected chi connectivity index (χ2v) is 9.48. The van der Waals surface area contributed by atoms with Crippen LogP contribution in [0.2, 0.25) is 0 Å². The van der Waals surface area contributed by atoms with Crippen LogP contribution in [0.1, 0.15) is 30.3 Å². The Morgan fingerprint density at radius 2 is 2.08 bits per heavy atom. The molecule has 0 N–H and O–H groups in total. The molecule has 6 nitrogen and oxygen atoms in total. The average Bonchev–Trinajstić information content (AvgIpc) is 3.35. The first kappa shape index (κ1) is 17.4. The summed E-state index contributed by atoms with van der Waals surface area (Å²) in [6.07, 6.45) is 7.28. The third-order valence-electron chi connectivity index (χ3n) is 4.64. The predicted molar refractivity (Wildman–Crippen MR) is 101 cm³/mol. The normalized spacial score (nSPS) is 18.8. The highest BCUT2D eigenvalue weighted by Crippen LogP contribution is 2.31. The molecule has 4 rings (SSSR count). The molecule has 0 aliphatic carbocycles. The van der Waals surface area contributed by atoms with Crippen LogP contribution in [-0.4, -0.2) is 40.3 Å². The largest absolute Gasteiger partial charge is 0.329 e. The van der Waals surface area contributed by atoms with E-state index in [-0.39, 0.29) is 5.92 Å². The smallest absolute Gasteiger partial charge is 0.252 e. The molecule has 1 saturated heterocycles. The van der Waals surface area contributed by atoms with E-state index < -0.39 is 10.0 Å². The van der Waals surface area contributed by atoms with Gasteiger partial charge in [-0.2, -0.15) is 4.31 Å². The number of hydrogen-bond donors (Lipinski definition) is 0. The molecule has 136 valence electrons. The zero-order valence-corrected chi connectivity index (χ0v) is 15.9. The molecule has 8 heteroatoms. The number of sulfonamides is 1. The van der Waals surface area contributed by atoms with E-state index in [9.17, 15) is 8.42 Å². The maximum Gasteiger partial charge on any atom is 0.252 e. The van der Waals surface area contributed by atoms with Crippen molar-refractivity contribution in [2.45, 2.75) is 29.5 Å². The molecule has 26 heavy (non-hydrogen) atoms. The molecule has 1 aliphatic heterocycles.